The molecule has 0 aromatic carbocycles. The molecule has 0 aromatic rings. The van der Waals surface area contributed by atoms with Gasteiger partial charge in [0.25, 0.3) is 0 Å². The van der Waals surface area contributed by atoms with Crippen LogP contribution < -0.4 is 0 Å². The summed E-state index contributed by atoms with van der Waals surface area (Å²) in [5.74, 6) is 3.21. The van der Waals surface area contributed by atoms with E-state index in [4.69, 9.17) is 18.9 Å². The quantitative estimate of drug-likeness (QED) is 0.425. The van der Waals surface area contributed by atoms with Crippen molar-refractivity contribution in [1.82, 2.24) is 0 Å². The van der Waals surface area contributed by atoms with Gasteiger partial charge in [0.05, 0.1) is 12.7 Å². The molecule has 6 heteroatoms. The molecule has 37 heavy (non-hydrogen) atoms. The van der Waals surface area contributed by atoms with Crippen LogP contribution in [0.2, 0.25) is 0 Å². The van der Waals surface area contributed by atoms with Crippen LogP contribution in [0.25, 0.3) is 0 Å². The van der Waals surface area contributed by atoms with Gasteiger partial charge >= 0.3 is 11.9 Å². The molecule has 2 aliphatic heterocycles. The van der Waals surface area contributed by atoms with Gasteiger partial charge in [-0.05, 0) is 97.7 Å². The van der Waals surface area contributed by atoms with E-state index in [-0.39, 0.29) is 35.3 Å². The van der Waals surface area contributed by atoms with Crippen LogP contribution in [0.5, 0.6) is 0 Å². The zero-order valence-corrected chi connectivity index (χ0v) is 23.8. The zero-order chi connectivity index (χ0) is 26.3. The number of ether oxygens (including phenoxy) is 4. The molecule has 4 unspecified atom stereocenters. The lowest BCUT2D eigenvalue weighted by Crippen LogP contribution is -2.58. The van der Waals surface area contributed by atoms with Gasteiger partial charge in [-0.25, -0.2) is 0 Å². The predicted molar refractivity (Wildman–Crippen MR) is 138 cm³/mol. The van der Waals surface area contributed by atoms with Crippen LogP contribution in [-0.2, 0) is 28.5 Å². The molecule has 0 aromatic heterocycles. The molecule has 208 valence electrons. The van der Waals surface area contributed by atoms with Crippen molar-refractivity contribution in [2.45, 2.75) is 123 Å². The molecular weight excluding hydrogens is 468 g/mol. The molecule has 0 N–H and O–H groups in total. The van der Waals surface area contributed by atoms with Crippen molar-refractivity contribution in [3.8, 4) is 0 Å². The van der Waals surface area contributed by atoms with E-state index >= 15 is 0 Å². The lowest BCUT2D eigenvalue weighted by atomic mass is 9.44. The predicted octanol–water partition coefficient (Wildman–Crippen LogP) is 5.91. The number of carbonyl (C=O) groups is 2. The smallest absolute Gasteiger partial charge is 0.303 e. The maximum atomic E-state index is 12.0. The minimum atomic E-state index is -0.358. The summed E-state index contributed by atoms with van der Waals surface area (Å²) in [7, 11) is 0. The number of fused-ring (bicyclic) bond motifs is 7. The topological polar surface area (TPSA) is 71.1 Å². The lowest BCUT2D eigenvalue weighted by Gasteiger charge is -2.62. The molecule has 1 spiro atoms. The van der Waals surface area contributed by atoms with Crippen molar-refractivity contribution in [1.29, 1.82) is 0 Å². The molecule has 13 atom stereocenters. The van der Waals surface area contributed by atoms with Crippen LogP contribution in [0.4, 0.5) is 0 Å². The molecule has 6 nitrogen and oxygen atoms in total. The third-order valence-electron chi connectivity index (χ3n) is 12.5. The maximum Gasteiger partial charge on any atom is 0.303 e. The fourth-order valence-electron chi connectivity index (χ4n) is 10.9. The normalized spacial score (nSPS) is 54.5. The molecule has 6 rings (SSSR count). The van der Waals surface area contributed by atoms with Crippen LogP contribution in [0.1, 0.15) is 99.3 Å². The first-order valence-electron chi connectivity index (χ1n) is 15.1. The molecule has 2 heterocycles. The Bertz CT molecular complexity index is 925. The molecule has 4 aliphatic carbocycles. The summed E-state index contributed by atoms with van der Waals surface area (Å²) in [4.78, 5) is 23.8. The number of rotatable bonds is 2. The summed E-state index contributed by atoms with van der Waals surface area (Å²) in [5.41, 5.74) is 0.406. The van der Waals surface area contributed by atoms with E-state index in [1.165, 1.54) is 46.0 Å². The zero-order valence-electron chi connectivity index (χ0n) is 23.8. The van der Waals surface area contributed by atoms with E-state index in [0.29, 0.717) is 52.9 Å². The lowest BCUT2D eigenvalue weighted by molar-refractivity contribution is -0.273. The van der Waals surface area contributed by atoms with E-state index in [0.717, 1.165) is 32.3 Å². The van der Waals surface area contributed by atoms with Gasteiger partial charge in [-0.15, -0.1) is 0 Å². The number of hydrogen-bond donors (Lipinski definition) is 0. The Kier molecular flexibility index (Phi) is 6.31. The summed E-state index contributed by atoms with van der Waals surface area (Å²) in [6, 6.07) is 0. The number of hydrogen-bond acceptors (Lipinski definition) is 6. The highest BCUT2D eigenvalue weighted by atomic mass is 16.7. The van der Waals surface area contributed by atoms with Crippen LogP contribution in [0.3, 0.4) is 0 Å². The Hall–Kier alpha value is -1.14. The van der Waals surface area contributed by atoms with E-state index in [1.807, 2.05) is 0 Å². The van der Waals surface area contributed by atoms with E-state index < -0.39 is 0 Å². The molecule has 0 radical (unpaired) electrons. The summed E-state index contributed by atoms with van der Waals surface area (Å²) in [6.45, 7) is 13.5. The van der Waals surface area contributed by atoms with Gasteiger partial charge in [0.15, 0.2) is 5.79 Å². The van der Waals surface area contributed by atoms with Gasteiger partial charge < -0.3 is 18.9 Å². The molecular formula is C31H48O6. The van der Waals surface area contributed by atoms with Gasteiger partial charge in [-0.3, -0.25) is 9.59 Å². The minimum absolute atomic E-state index is 0.106. The Morgan fingerprint density at radius 1 is 0.838 bits per heavy atom. The Morgan fingerprint density at radius 2 is 1.57 bits per heavy atom. The summed E-state index contributed by atoms with van der Waals surface area (Å²) < 4.78 is 24.9. The molecule has 0 bridgehead atoms. The van der Waals surface area contributed by atoms with Gasteiger partial charge in [0.1, 0.15) is 12.2 Å². The van der Waals surface area contributed by atoms with Gasteiger partial charge in [0.2, 0.25) is 0 Å². The highest BCUT2D eigenvalue weighted by Gasteiger charge is 2.69. The van der Waals surface area contributed by atoms with Crippen molar-refractivity contribution in [2.75, 3.05) is 6.61 Å². The Labute approximate surface area is 222 Å². The second kappa shape index (κ2) is 8.94. The average Bonchev–Trinajstić information content (AvgIpc) is 3.26. The highest BCUT2D eigenvalue weighted by molar-refractivity contribution is 5.67. The van der Waals surface area contributed by atoms with Crippen LogP contribution in [0, 0.1) is 52.3 Å². The van der Waals surface area contributed by atoms with E-state index in [2.05, 4.69) is 27.7 Å². The van der Waals surface area contributed by atoms with Gasteiger partial charge in [-0.1, -0.05) is 27.7 Å². The summed E-state index contributed by atoms with van der Waals surface area (Å²) >= 11 is 0. The van der Waals surface area contributed by atoms with Gasteiger partial charge in [-0.2, -0.15) is 0 Å². The van der Waals surface area contributed by atoms with Crippen molar-refractivity contribution in [3.63, 3.8) is 0 Å². The summed E-state index contributed by atoms with van der Waals surface area (Å²) in [6.07, 6.45) is 9.57. The van der Waals surface area contributed by atoms with E-state index in [9.17, 15) is 9.59 Å². The van der Waals surface area contributed by atoms with Crippen molar-refractivity contribution in [2.24, 2.45) is 52.3 Å². The molecule has 2 saturated heterocycles. The Morgan fingerprint density at radius 3 is 2.24 bits per heavy atom. The molecule has 4 saturated carbocycles. The standard InChI is InChI=1S/C31H48O6/c1-17-9-12-31(34-16-17)18(2)28-26(37-31)14-24-22-8-7-21-13-25(35-19(3)32)27(36-20(4)33)15-30(21,6)23(22)10-11-29(24,28)5/h17-18,21-28H,7-16H2,1-6H3/t17?,18-,21?,22+,23-,24-,25?,26-,27?,28-,29-,30-,31+/m0/s1. The van der Waals surface area contributed by atoms with Gasteiger partial charge in [0, 0.05) is 26.2 Å². The maximum absolute atomic E-state index is 12.0. The first-order chi connectivity index (χ1) is 17.5. The number of carbonyl (C=O) groups excluding carboxylic acids is 2. The first-order valence-corrected chi connectivity index (χ1v) is 15.1. The third kappa shape index (κ3) is 3.93. The first kappa shape index (κ1) is 26.1. The largest absolute Gasteiger partial charge is 0.459 e. The minimum Gasteiger partial charge on any atom is -0.459 e. The molecule has 6 fully saturated rings. The number of esters is 2. The monoisotopic (exact) mass is 516 g/mol. The second-order valence-corrected chi connectivity index (χ2v) is 14.4. The fourth-order valence-corrected chi connectivity index (χ4v) is 10.9. The highest BCUT2D eigenvalue weighted by Crippen LogP contribution is 2.71. The molecule has 0 amide bonds. The third-order valence-corrected chi connectivity index (χ3v) is 12.5. The second-order valence-electron chi connectivity index (χ2n) is 14.4. The summed E-state index contributed by atoms with van der Waals surface area (Å²) in [5, 5.41) is 0. The molecule has 6 aliphatic rings. The van der Waals surface area contributed by atoms with Crippen molar-refractivity contribution in [3.05, 3.63) is 0 Å². The fraction of sp³-hybridized carbons (Fsp3) is 0.935. The Balaban J connectivity index is 1.23. The van der Waals surface area contributed by atoms with Crippen molar-refractivity contribution >= 4 is 11.9 Å². The SMILES string of the molecule is CC(=O)OC1CC2CC[C@H]3[C@@H]4C[C@@H]5O[C@]6(CCC(C)CO6)[C@@H](C)[C@@H]5[C@@]4(C)CC[C@@H]3[C@@]2(C)CC1OC(C)=O. The van der Waals surface area contributed by atoms with Crippen LogP contribution >= 0.6 is 0 Å². The van der Waals surface area contributed by atoms with Crippen LogP contribution in [-0.4, -0.2) is 42.6 Å². The average molecular weight is 517 g/mol. The van der Waals surface area contributed by atoms with E-state index in [1.54, 1.807) is 0 Å². The van der Waals surface area contributed by atoms with Crippen molar-refractivity contribution < 1.29 is 28.5 Å². The van der Waals surface area contributed by atoms with Crippen LogP contribution in [0.15, 0.2) is 0 Å².